The Labute approximate surface area is 166 Å². The summed E-state index contributed by atoms with van der Waals surface area (Å²) in [6, 6.07) is 15.7. The van der Waals surface area contributed by atoms with E-state index in [1.165, 1.54) is 0 Å². The minimum Gasteiger partial charge on any atom is -0.486 e. The lowest BCUT2D eigenvalue weighted by molar-refractivity contribution is 0.0934. The Kier molecular flexibility index (Phi) is 5.67. The van der Waals surface area contributed by atoms with Gasteiger partial charge in [0.1, 0.15) is 13.2 Å². The number of rotatable bonds is 5. The molecule has 2 heterocycles. The van der Waals surface area contributed by atoms with Crippen molar-refractivity contribution in [3.63, 3.8) is 0 Å². The van der Waals surface area contributed by atoms with Gasteiger partial charge in [-0.25, -0.2) is 0 Å². The number of hydrogen-bond acceptors (Lipinski definition) is 5. The van der Waals surface area contributed by atoms with Crippen LogP contribution in [0.3, 0.4) is 0 Å². The minimum atomic E-state index is -0.0147. The molecule has 2 aliphatic heterocycles. The molecule has 2 aromatic carbocycles. The highest BCUT2D eigenvalue weighted by molar-refractivity contribution is 5.94. The molecule has 0 spiro atoms. The second kappa shape index (κ2) is 8.52. The third-order valence-electron chi connectivity index (χ3n) is 5.42. The molecule has 0 aliphatic carbocycles. The second-order valence-corrected chi connectivity index (χ2v) is 7.25. The number of benzene rings is 2. The average Bonchev–Trinajstić information content (AvgIpc) is 2.77. The lowest BCUT2D eigenvalue weighted by Crippen LogP contribution is -2.52. The number of hydrogen-bond donors (Lipinski definition) is 1. The van der Waals surface area contributed by atoms with Gasteiger partial charge in [-0.2, -0.15) is 0 Å². The fraction of sp³-hybridized carbons (Fsp3) is 0.409. The van der Waals surface area contributed by atoms with Gasteiger partial charge in [0.25, 0.3) is 5.91 Å². The first-order valence-electron chi connectivity index (χ1n) is 9.93. The van der Waals surface area contributed by atoms with Gasteiger partial charge >= 0.3 is 0 Å². The predicted molar refractivity (Wildman–Crippen MR) is 109 cm³/mol. The molecule has 0 bridgehead atoms. The van der Waals surface area contributed by atoms with Crippen LogP contribution in [0, 0.1) is 0 Å². The fourth-order valence-corrected chi connectivity index (χ4v) is 3.77. The van der Waals surface area contributed by atoms with Crippen molar-refractivity contribution in [1.29, 1.82) is 0 Å². The smallest absolute Gasteiger partial charge is 0.251 e. The van der Waals surface area contributed by atoms with Crippen molar-refractivity contribution in [3.05, 3.63) is 54.1 Å². The second-order valence-electron chi connectivity index (χ2n) is 7.25. The Morgan fingerprint density at radius 2 is 1.75 bits per heavy atom. The lowest BCUT2D eigenvalue weighted by Gasteiger charge is -2.40. The van der Waals surface area contributed by atoms with Crippen molar-refractivity contribution in [2.45, 2.75) is 13.0 Å². The number of nitrogens with one attached hydrogen (secondary N) is 1. The highest BCUT2D eigenvalue weighted by Crippen LogP contribution is 2.39. The summed E-state index contributed by atoms with van der Waals surface area (Å²) in [6.07, 6.45) is 0. The zero-order valence-electron chi connectivity index (χ0n) is 16.3. The predicted octanol–water partition coefficient (Wildman–Crippen LogP) is 2.40. The van der Waals surface area contributed by atoms with Crippen LogP contribution in [0.1, 0.15) is 17.3 Å². The third kappa shape index (κ3) is 4.07. The maximum atomic E-state index is 12.2. The highest BCUT2D eigenvalue weighted by atomic mass is 16.6. The lowest BCUT2D eigenvalue weighted by atomic mass is 10.1. The van der Waals surface area contributed by atoms with Crippen LogP contribution in [0.5, 0.6) is 11.5 Å². The topological polar surface area (TPSA) is 54.0 Å². The number of para-hydroxylation sites is 1. The van der Waals surface area contributed by atoms with E-state index in [0.29, 0.717) is 31.4 Å². The van der Waals surface area contributed by atoms with Gasteiger partial charge in [-0.1, -0.05) is 24.3 Å². The first-order chi connectivity index (χ1) is 13.7. The normalized spacial score (nSPS) is 17.8. The van der Waals surface area contributed by atoms with Crippen LogP contribution in [0.4, 0.5) is 5.69 Å². The Morgan fingerprint density at radius 3 is 2.54 bits per heavy atom. The molecular weight excluding hydrogens is 354 g/mol. The van der Waals surface area contributed by atoms with Gasteiger partial charge in [-0.05, 0) is 31.2 Å². The first-order valence-corrected chi connectivity index (χ1v) is 9.93. The first kappa shape index (κ1) is 18.6. The van der Waals surface area contributed by atoms with Gasteiger partial charge in [0, 0.05) is 44.3 Å². The van der Waals surface area contributed by atoms with Crippen molar-refractivity contribution in [2.24, 2.45) is 0 Å². The van der Waals surface area contributed by atoms with Gasteiger partial charge in [-0.3, -0.25) is 9.69 Å². The molecule has 6 nitrogen and oxygen atoms in total. The summed E-state index contributed by atoms with van der Waals surface area (Å²) in [4.78, 5) is 17.0. The van der Waals surface area contributed by atoms with Crippen molar-refractivity contribution in [1.82, 2.24) is 10.2 Å². The molecule has 1 N–H and O–H groups in total. The molecule has 2 aromatic rings. The van der Waals surface area contributed by atoms with Gasteiger partial charge in [0.2, 0.25) is 0 Å². The number of ether oxygens (including phenoxy) is 2. The highest BCUT2D eigenvalue weighted by Gasteiger charge is 2.25. The average molecular weight is 381 g/mol. The van der Waals surface area contributed by atoms with E-state index in [4.69, 9.17) is 9.47 Å². The zero-order chi connectivity index (χ0) is 19.3. The number of amides is 1. The molecule has 1 amide bonds. The molecular formula is C22H27N3O3. The quantitative estimate of drug-likeness (QED) is 0.862. The Hall–Kier alpha value is -2.73. The summed E-state index contributed by atoms with van der Waals surface area (Å²) in [6.45, 7) is 7.78. The summed E-state index contributed by atoms with van der Waals surface area (Å²) in [5.41, 5.74) is 1.82. The Bertz CT molecular complexity index is 804. The molecule has 1 atom stereocenters. The molecule has 1 unspecified atom stereocenters. The Balaban J connectivity index is 1.30. The maximum absolute atomic E-state index is 12.2. The van der Waals surface area contributed by atoms with Gasteiger partial charge < -0.3 is 19.7 Å². The molecule has 1 fully saturated rings. The molecule has 0 aromatic heterocycles. The number of nitrogens with zero attached hydrogens (tertiary/aromatic N) is 2. The molecule has 1 saturated heterocycles. The molecule has 0 radical (unpaired) electrons. The summed E-state index contributed by atoms with van der Waals surface area (Å²) >= 11 is 0. The summed E-state index contributed by atoms with van der Waals surface area (Å²) in [5, 5.41) is 3.05. The van der Waals surface area contributed by atoms with E-state index in [0.717, 1.165) is 43.4 Å². The number of piperazine rings is 1. The van der Waals surface area contributed by atoms with Crippen LogP contribution in [-0.2, 0) is 0 Å². The van der Waals surface area contributed by atoms with E-state index in [1.807, 2.05) is 42.5 Å². The van der Waals surface area contributed by atoms with E-state index in [2.05, 4.69) is 28.1 Å². The van der Waals surface area contributed by atoms with Crippen molar-refractivity contribution in [3.8, 4) is 11.5 Å². The van der Waals surface area contributed by atoms with Gasteiger partial charge in [0.15, 0.2) is 11.5 Å². The van der Waals surface area contributed by atoms with Gasteiger partial charge in [-0.15, -0.1) is 0 Å². The SMILES string of the molecule is CC(CNC(=O)c1ccccc1)N1CCN(c2cccc3c2OCCO3)CC1. The summed E-state index contributed by atoms with van der Waals surface area (Å²) in [5.74, 6) is 1.69. The largest absolute Gasteiger partial charge is 0.486 e. The summed E-state index contributed by atoms with van der Waals surface area (Å²) in [7, 11) is 0. The van der Waals surface area contributed by atoms with E-state index in [-0.39, 0.29) is 5.91 Å². The van der Waals surface area contributed by atoms with Crippen LogP contribution in [0.15, 0.2) is 48.5 Å². The van der Waals surface area contributed by atoms with E-state index >= 15 is 0 Å². The Morgan fingerprint density at radius 1 is 1.00 bits per heavy atom. The van der Waals surface area contributed by atoms with Crippen LogP contribution in [0.25, 0.3) is 0 Å². The zero-order valence-corrected chi connectivity index (χ0v) is 16.3. The van der Waals surface area contributed by atoms with Crippen molar-refractivity contribution < 1.29 is 14.3 Å². The number of carbonyl (C=O) groups excluding carboxylic acids is 1. The molecule has 4 rings (SSSR count). The van der Waals surface area contributed by atoms with Gasteiger partial charge in [0.05, 0.1) is 5.69 Å². The maximum Gasteiger partial charge on any atom is 0.251 e. The minimum absolute atomic E-state index is 0.0147. The molecule has 2 aliphatic rings. The third-order valence-corrected chi connectivity index (χ3v) is 5.42. The van der Waals surface area contributed by atoms with Crippen LogP contribution in [0.2, 0.25) is 0 Å². The van der Waals surface area contributed by atoms with E-state index < -0.39 is 0 Å². The molecule has 6 heteroatoms. The fourth-order valence-electron chi connectivity index (χ4n) is 3.77. The van der Waals surface area contributed by atoms with E-state index in [9.17, 15) is 4.79 Å². The summed E-state index contributed by atoms with van der Waals surface area (Å²) < 4.78 is 11.6. The molecule has 28 heavy (non-hydrogen) atoms. The van der Waals surface area contributed by atoms with E-state index in [1.54, 1.807) is 0 Å². The monoisotopic (exact) mass is 381 g/mol. The van der Waals surface area contributed by atoms with Crippen LogP contribution >= 0.6 is 0 Å². The molecule has 0 saturated carbocycles. The number of anilines is 1. The van der Waals surface area contributed by atoms with Crippen molar-refractivity contribution >= 4 is 11.6 Å². The van der Waals surface area contributed by atoms with Crippen LogP contribution < -0.4 is 19.7 Å². The van der Waals surface area contributed by atoms with Crippen LogP contribution in [-0.4, -0.2) is 62.8 Å². The van der Waals surface area contributed by atoms with Crippen molar-refractivity contribution in [2.75, 3.05) is 50.8 Å². The molecule has 148 valence electrons. The number of fused-ring (bicyclic) bond motifs is 1. The number of carbonyl (C=O) groups is 1. The standard InChI is InChI=1S/C22H27N3O3/c1-17(16-23-22(26)18-6-3-2-4-7-18)24-10-12-25(13-11-24)19-8-5-9-20-21(19)28-15-14-27-20/h2-9,17H,10-16H2,1H3,(H,23,26).